The van der Waals surface area contributed by atoms with Gasteiger partial charge in [-0.15, -0.1) is 0 Å². The number of fused-ring (bicyclic) bond motifs is 1. The second-order valence-electron chi connectivity index (χ2n) is 5.03. The van der Waals surface area contributed by atoms with Gasteiger partial charge in [0.1, 0.15) is 6.10 Å². The van der Waals surface area contributed by atoms with Crippen molar-refractivity contribution >= 4 is 11.9 Å². The van der Waals surface area contributed by atoms with Crippen LogP contribution in [0.15, 0.2) is 0 Å². The van der Waals surface area contributed by atoms with Gasteiger partial charge in [0.15, 0.2) is 0 Å². The van der Waals surface area contributed by atoms with Crippen molar-refractivity contribution in [2.75, 3.05) is 7.05 Å². The van der Waals surface area contributed by atoms with Gasteiger partial charge >= 0.3 is 5.97 Å². The van der Waals surface area contributed by atoms with Crippen molar-refractivity contribution in [3.8, 4) is 0 Å². The summed E-state index contributed by atoms with van der Waals surface area (Å²) >= 11 is 0. The molecule has 0 aromatic rings. The summed E-state index contributed by atoms with van der Waals surface area (Å²) in [5.41, 5.74) is -1.15. The van der Waals surface area contributed by atoms with Gasteiger partial charge in [0.25, 0.3) is 0 Å². The Balaban J connectivity index is 0.00000144. The van der Waals surface area contributed by atoms with Crippen LogP contribution in [0.2, 0.25) is 0 Å². The Bertz CT molecular complexity index is 359. The van der Waals surface area contributed by atoms with E-state index >= 15 is 0 Å². The van der Waals surface area contributed by atoms with Crippen LogP contribution in [0.3, 0.4) is 0 Å². The molecule has 0 aromatic carbocycles. The maximum atomic E-state index is 11.8. The Kier molecular flexibility index (Phi) is 4.34. The molecular weight excluding hydrogens is 437 g/mol. The second-order valence-corrected chi connectivity index (χ2v) is 5.03. The van der Waals surface area contributed by atoms with Gasteiger partial charge in [0, 0.05) is 51.1 Å². The molecule has 0 saturated carbocycles. The topological polar surface area (TPSA) is 66.8 Å². The van der Waals surface area contributed by atoms with Gasteiger partial charge in [-0.3, -0.25) is 4.79 Å². The molecule has 6 heteroatoms. The van der Waals surface area contributed by atoms with E-state index in [9.17, 15) is 14.7 Å². The summed E-state index contributed by atoms with van der Waals surface area (Å²) in [4.78, 5) is 24.9. The Morgan fingerprint density at radius 1 is 1.41 bits per heavy atom. The first kappa shape index (κ1) is 15.4. The number of nitrogens with zero attached hydrogens (tertiary/aromatic N) is 1. The molecule has 17 heavy (non-hydrogen) atoms. The number of carbonyl (C=O) groups is 2. The Labute approximate surface area is 136 Å². The quantitative estimate of drug-likeness (QED) is 0.586. The monoisotopic (exact) mass is 454 g/mol. The standard InChI is InChI=1S/C11H17NO4.Ac/c1-5(2)7(13)11-8(16-10(11)15)6(3)9(14)12(11)4;/h5-8,13H,1-4H3;/t6-,7?,8?,11-;/m1./s1. The van der Waals surface area contributed by atoms with E-state index < -0.39 is 23.7 Å². The van der Waals surface area contributed by atoms with Crippen molar-refractivity contribution in [1.29, 1.82) is 0 Å². The van der Waals surface area contributed by atoms with E-state index in [4.69, 9.17) is 4.74 Å². The third-order valence-electron chi connectivity index (χ3n) is 3.81. The van der Waals surface area contributed by atoms with Gasteiger partial charge in [0.2, 0.25) is 11.4 Å². The Morgan fingerprint density at radius 2 is 1.94 bits per heavy atom. The number of aliphatic hydroxyl groups excluding tert-OH is 1. The molecule has 1 radical (unpaired) electrons. The fourth-order valence-corrected chi connectivity index (χ4v) is 2.78. The maximum absolute atomic E-state index is 11.8. The van der Waals surface area contributed by atoms with Crippen LogP contribution in [0, 0.1) is 55.9 Å². The van der Waals surface area contributed by atoms with Crippen LogP contribution in [0.25, 0.3) is 0 Å². The zero-order chi connectivity index (χ0) is 12.2. The summed E-state index contributed by atoms with van der Waals surface area (Å²) in [6, 6.07) is 0. The number of likely N-dealkylation sites (N-methyl/N-ethyl adjacent to an activating group) is 1. The van der Waals surface area contributed by atoms with Crippen molar-refractivity contribution in [3.05, 3.63) is 0 Å². The van der Waals surface area contributed by atoms with Crippen molar-refractivity contribution < 1.29 is 63.5 Å². The zero-order valence-corrected chi connectivity index (χ0v) is 15.3. The van der Waals surface area contributed by atoms with Crippen LogP contribution in [0.1, 0.15) is 20.8 Å². The van der Waals surface area contributed by atoms with E-state index in [0.717, 1.165) is 0 Å². The number of aliphatic hydroxyl groups is 1. The average molecular weight is 454 g/mol. The molecule has 2 rings (SSSR count). The molecule has 2 fully saturated rings. The van der Waals surface area contributed by atoms with Crippen molar-refractivity contribution in [3.63, 3.8) is 0 Å². The van der Waals surface area contributed by atoms with E-state index in [1.54, 1.807) is 14.0 Å². The summed E-state index contributed by atoms with van der Waals surface area (Å²) in [5, 5.41) is 10.2. The molecular formula is C11H17AcNO4. The first-order valence-corrected chi connectivity index (χ1v) is 5.52. The molecule has 0 spiro atoms. The van der Waals surface area contributed by atoms with Crippen LogP contribution in [0.5, 0.6) is 0 Å². The minimum Gasteiger partial charge on any atom is -0.456 e. The number of esters is 1. The third-order valence-corrected chi connectivity index (χ3v) is 3.81. The molecule has 2 heterocycles. The second kappa shape index (κ2) is 4.79. The van der Waals surface area contributed by atoms with Crippen LogP contribution >= 0.6 is 0 Å². The SMILES string of the molecule is CC(C)C(O)[C@]12C(=O)OC1[C@@H](C)C(=O)N2C.[Ac]. The van der Waals surface area contributed by atoms with Gasteiger partial charge in [0.05, 0.1) is 12.0 Å². The summed E-state index contributed by atoms with van der Waals surface area (Å²) < 4.78 is 5.03. The van der Waals surface area contributed by atoms with Crippen LogP contribution in [-0.2, 0) is 14.3 Å². The molecule has 5 nitrogen and oxygen atoms in total. The molecule has 2 saturated heterocycles. The van der Waals surface area contributed by atoms with E-state index in [1.165, 1.54) is 4.90 Å². The molecule has 0 bridgehead atoms. The number of carbonyl (C=O) groups excluding carboxylic acids is 2. The van der Waals surface area contributed by atoms with Crippen LogP contribution in [-0.4, -0.2) is 46.7 Å². The van der Waals surface area contributed by atoms with Gasteiger partial charge in [-0.1, -0.05) is 13.8 Å². The number of rotatable bonds is 2. The van der Waals surface area contributed by atoms with E-state index in [-0.39, 0.29) is 61.8 Å². The number of amides is 1. The summed E-state index contributed by atoms with van der Waals surface area (Å²) in [6.07, 6.45) is -1.38. The van der Waals surface area contributed by atoms with Crippen molar-refractivity contribution in [2.45, 2.75) is 38.5 Å². The minimum atomic E-state index is -1.15. The average Bonchev–Trinajstić information content (AvgIpc) is 2.36. The van der Waals surface area contributed by atoms with Crippen LogP contribution < -0.4 is 0 Å². The minimum absolute atomic E-state index is 0. The number of likely N-dealkylation sites (tertiary alicyclic amines) is 1. The number of hydrogen-bond acceptors (Lipinski definition) is 4. The summed E-state index contributed by atoms with van der Waals surface area (Å²) in [6.45, 7) is 5.37. The molecule has 2 aliphatic rings. The third kappa shape index (κ3) is 1.71. The number of hydrogen-bond donors (Lipinski definition) is 1. The Morgan fingerprint density at radius 3 is 2.29 bits per heavy atom. The van der Waals surface area contributed by atoms with Gasteiger partial charge < -0.3 is 14.7 Å². The summed E-state index contributed by atoms with van der Waals surface area (Å²) in [5.74, 6) is -1.10. The predicted octanol–water partition coefficient (Wildman–Crippen LogP) is -0.224. The van der Waals surface area contributed by atoms with E-state index in [0.29, 0.717) is 0 Å². The Hall–Kier alpha value is 0.342. The van der Waals surface area contributed by atoms with Crippen molar-refractivity contribution in [1.82, 2.24) is 4.90 Å². The molecule has 93 valence electrons. The smallest absolute Gasteiger partial charge is 0.339 e. The van der Waals surface area contributed by atoms with Gasteiger partial charge in [-0.05, 0) is 12.8 Å². The molecule has 4 atom stereocenters. The largest absolute Gasteiger partial charge is 0.456 e. The summed E-state index contributed by atoms with van der Waals surface area (Å²) in [7, 11) is 1.56. The molecule has 1 N–H and O–H groups in total. The molecule has 0 aromatic heterocycles. The first-order chi connectivity index (χ1) is 7.35. The molecule has 0 aliphatic carbocycles. The normalized spacial score (nSPS) is 37.2. The van der Waals surface area contributed by atoms with Gasteiger partial charge in [-0.25, -0.2) is 4.79 Å². The molecule has 2 unspecified atom stereocenters. The first-order valence-electron chi connectivity index (χ1n) is 5.52. The molecule has 2 aliphatic heterocycles. The fraction of sp³-hybridized carbons (Fsp3) is 0.818. The molecule has 1 amide bonds. The van der Waals surface area contributed by atoms with Crippen molar-refractivity contribution in [2.24, 2.45) is 11.8 Å². The fourth-order valence-electron chi connectivity index (χ4n) is 2.78. The van der Waals surface area contributed by atoms with Crippen LogP contribution in [0.4, 0.5) is 0 Å². The number of ether oxygens (including phenoxy) is 1. The van der Waals surface area contributed by atoms with E-state index in [2.05, 4.69) is 0 Å². The van der Waals surface area contributed by atoms with Gasteiger partial charge in [-0.2, -0.15) is 0 Å². The predicted molar refractivity (Wildman–Crippen MR) is 55.4 cm³/mol. The zero-order valence-electron chi connectivity index (χ0n) is 10.5. The van der Waals surface area contributed by atoms with E-state index in [1.807, 2.05) is 13.8 Å². The maximum Gasteiger partial charge on any atom is 0.339 e.